The van der Waals surface area contributed by atoms with Gasteiger partial charge in [-0.2, -0.15) is 5.26 Å². The van der Waals surface area contributed by atoms with Gasteiger partial charge in [-0.1, -0.05) is 11.6 Å². The first kappa shape index (κ1) is 12.7. The molecule has 1 aliphatic heterocycles. The lowest BCUT2D eigenvalue weighted by atomic mass is 10.1. The topological polar surface area (TPSA) is 64.9 Å². The monoisotopic (exact) mass is 263 g/mol. The molecule has 1 aliphatic rings. The molecule has 0 aliphatic carbocycles. The first-order valence-electron chi connectivity index (χ1n) is 5.94. The van der Waals surface area contributed by atoms with Crippen molar-refractivity contribution >= 4 is 23.2 Å². The molecule has 1 heterocycles. The van der Waals surface area contributed by atoms with Gasteiger partial charge >= 0.3 is 0 Å². The van der Waals surface area contributed by atoms with Gasteiger partial charge in [-0.3, -0.25) is 4.79 Å². The van der Waals surface area contributed by atoms with Crippen molar-refractivity contribution in [2.24, 2.45) is 0 Å². The lowest BCUT2D eigenvalue weighted by molar-refractivity contribution is -0.121. The van der Waals surface area contributed by atoms with Crippen LogP contribution in [0.1, 0.15) is 24.8 Å². The van der Waals surface area contributed by atoms with E-state index in [0.717, 1.165) is 25.8 Å². The second kappa shape index (κ2) is 5.74. The Morgan fingerprint density at radius 1 is 1.44 bits per heavy atom. The number of halogens is 1. The maximum atomic E-state index is 11.8. The fraction of sp³-hybridized carbons (Fsp3) is 0.385. The first-order valence-corrected chi connectivity index (χ1v) is 6.32. The van der Waals surface area contributed by atoms with Gasteiger partial charge in [0.05, 0.1) is 22.3 Å². The quantitative estimate of drug-likeness (QED) is 0.860. The van der Waals surface area contributed by atoms with E-state index in [1.165, 1.54) is 0 Å². The number of hydrogen-bond donors (Lipinski definition) is 2. The van der Waals surface area contributed by atoms with E-state index >= 15 is 0 Å². The molecule has 5 heteroatoms. The molecule has 2 rings (SSSR count). The van der Waals surface area contributed by atoms with Gasteiger partial charge < -0.3 is 10.6 Å². The predicted octanol–water partition coefficient (Wildman–Crippen LogP) is 2.29. The van der Waals surface area contributed by atoms with Crippen LogP contribution in [0, 0.1) is 11.3 Å². The zero-order chi connectivity index (χ0) is 13.0. The van der Waals surface area contributed by atoms with Crippen LogP contribution >= 0.6 is 11.6 Å². The molecule has 0 aromatic heterocycles. The van der Waals surface area contributed by atoms with E-state index in [9.17, 15) is 4.79 Å². The van der Waals surface area contributed by atoms with Gasteiger partial charge in [0, 0.05) is 6.54 Å². The third kappa shape index (κ3) is 2.93. The molecule has 94 valence electrons. The van der Waals surface area contributed by atoms with Crippen LogP contribution in [0.15, 0.2) is 18.2 Å². The van der Waals surface area contributed by atoms with E-state index in [-0.39, 0.29) is 11.9 Å². The summed E-state index contributed by atoms with van der Waals surface area (Å²) in [5.41, 5.74) is 1.16. The van der Waals surface area contributed by atoms with E-state index in [0.29, 0.717) is 16.3 Å². The summed E-state index contributed by atoms with van der Waals surface area (Å²) in [6, 6.07) is 6.76. The lowest BCUT2D eigenvalue weighted by Gasteiger charge is -2.17. The molecule has 1 fully saturated rings. The third-order valence-electron chi connectivity index (χ3n) is 2.96. The Morgan fingerprint density at radius 3 is 3.06 bits per heavy atom. The molecule has 0 radical (unpaired) electrons. The van der Waals surface area contributed by atoms with E-state index in [2.05, 4.69) is 16.7 Å². The van der Waals surface area contributed by atoms with Crippen LogP contribution < -0.4 is 10.6 Å². The minimum atomic E-state index is -0.279. The van der Waals surface area contributed by atoms with Gasteiger partial charge in [0.2, 0.25) is 5.91 Å². The summed E-state index contributed by atoms with van der Waals surface area (Å²) < 4.78 is 0. The number of anilines is 1. The molecule has 18 heavy (non-hydrogen) atoms. The average molecular weight is 264 g/mol. The Balaban J connectivity index is 2.17. The number of rotatable bonds is 2. The first-order chi connectivity index (χ1) is 8.70. The molecule has 1 amide bonds. The van der Waals surface area contributed by atoms with Crippen molar-refractivity contribution in [3.05, 3.63) is 28.8 Å². The average Bonchev–Trinajstić information content (AvgIpc) is 2.58. The maximum absolute atomic E-state index is 11.8. The molecule has 1 atom stereocenters. The van der Waals surface area contributed by atoms with Crippen LogP contribution in [0.2, 0.25) is 5.02 Å². The van der Waals surface area contributed by atoms with Crippen LogP contribution in [0.3, 0.4) is 0 Å². The van der Waals surface area contributed by atoms with E-state index in [4.69, 9.17) is 16.9 Å². The van der Waals surface area contributed by atoms with Crippen molar-refractivity contribution in [1.82, 2.24) is 5.32 Å². The molecule has 0 bridgehead atoms. The highest BCUT2D eigenvalue weighted by Gasteiger charge is 2.21. The Hall–Kier alpha value is -1.73. The summed E-state index contributed by atoms with van der Waals surface area (Å²) >= 11 is 6.06. The Labute approximate surface area is 111 Å². The summed E-state index contributed by atoms with van der Waals surface area (Å²) in [7, 11) is 0. The number of carbonyl (C=O) groups excluding carboxylic acids is 1. The number of nitrogens with one attached hydrogen (secondary N) is 2. The number of hydrogen-bond acceptors (Lipinski definition) is 3. The summed E-state index contributed by atoms with van der Waals surface area (Å²) in [4.78, 5) is 11.8. The SMILES string of the molecule is N#Cc1ccc(Cl)c(NC2CCCCNC2=O)c1. The van der Waals surface area contributed by atoms with Crippen molar-refractivity contribution in [1.29, 1.82) is 5.26 Å². The lowest BCUT2D eigenvalue weighted by Crippen LogP contribution is -2.37. The number of carbonyl (C=O) groups is 1. The molecule has 0 spiro atoms. The zero-order valence-electron chi connectivity index (χ0n) is 9.87. The molecule has 1 aromatic carbocycles. The number of nitrogens with zero attached hydrogens (tertiary/aromatic N) is 1. The van der Waals surface area contributed by atoms with Gasteiger partial charge in [-0.05, 0) is 37.5 Å². The standard InChI is InChI=1S/C13H14ClN3O/c14-10-5-4-9(8-15)7-12(10)17-11-3-1-2-6-16-13(11)18/h4-5,7,11,17H,1-3,6H2,(H,16,18). The molecule has 1 unspecified atom stereocenters. The van der Waals surface area contributed by atoms with Crippen molar-refractivity contribution in [3.8, 4) is 6.07 Å². The fourth-order valence-electron chi connectivity index (χ4n) is 1.97. The van der Waals surface area contributed by atoms with E-state index in [1.54, 1.807) is 18.2 Å². The predicted molar refractivity (Wildman–Crippen MR) is 70.4 cm³/mol. The zero-order valence-corrected chi connectivity index (χ0v) is 10.6. The van der Waals surface area contributed by atoms with Crippen molar-refractivity contribution < 1.29 is 4.79 Å². The summed E-state index contributed by atoms with van der Waals surface area (Å²) in [5.74, 6) is -0.00840. The number of nitriles is 1. The largest absolute Gasteiger partial charge is 0.372 e. The molecule has 1 saturated heterocycles. The van der Waals surface area contributed by atoms with E-state index in [1.807, 2.05) is 0 Å². The Kier molecular flexibility index (Phi) is 4.06. The molecular formula is C13H14ClN3O. The van der Waals surface area contributed by atoms with Crippen LogP contribution in [0.25, 0.3) is 0 Å². The van der Waals surface area contributed by atoms with Crippen LogP contribution in [-0.2, 0) is 4.79 Å². The van der Waals surface area contributed by atoms with Crippen LogP contribution in [0.5, 0.6) is 0 Å². The minimum Gasteiger partial charge on any atom is -0.372 e. The third-order valence-corrected chi connectivity index (χ3v) is 3.29. The van der Waals surface area contributed by atoms with Crippen molar-refractivity contribution in [2.75, 3.05) is 11.9 Å². The minimum absolute atomic E-state index is 0.00840. The highest BCUT2D eigenvalue weighted by atomic mass is 35.5. The Morgan fingerprint density at radius 2 is 2.28 bits per heavy atom. The highest BCUT2D eigenvalue weighted by molar-refractivity contribution is 6.33. The maximum Gasteiger partial charge on any atom is 0.242 e. The molecule has 1 aromatic rings. The number of amides is 1. The van der Waals surface area contributed by atoms with Gasteiger partial charge in [0.1, 0.15) is 6.04 Å². The Bertz CT molecular complexity index is 495. The summed E-state index contributed by atoms with van der Waals surface area (Å²) in [6.45, 7) is 0.725. The molecule has 0 saturated carbocycles. The van der Waals surface area contributed by atoms with Gasteiger partial charge in [-0.25, -0.2) is 0 Å². The van der Waals surface area contributed by atoms with Gasteiger partial charge in [0.25, 0.3) is 0 Å². The van der Waals surface area contributed by atoms with Crippen LogP contribution in [-0.4, -0.2) is 18.5 Å². The van der Waals surface area contributed by atoms with Crippen molar-refractivity contribution in [3.63, 3.8) is 0 Å². The summed E-state index contributed by atoms with van der Waals surface area (Å²) in [5, 5.41) is 15.3. The van der Waals surface area contributed by atoms with E-state index < -0.39 is 0 Å². The molecular weight excluding hydrogens is 250 g/mol. The fourth-order valence-corrected chi connectivity index (χ4v) is 2.14. The van der Waals surface area contributed by atoms with Gasteiger partial charge in [0.15, 0.2) is 0 Å². The molecule has 4 nitrogen and oxygen atoms in total. The number of benzene rings is 1. The smallest absolute Gasteiger partial charge is 0.242 e. The van der Waals surface area contributed by atoms with Gasteiger partial charge in [-0.15, -0.1) is 0 Å². The second-order valence-corrected chi connectivity index (χ2v) is 4.70. The summed E-state index contributed by atoms with van der Waals surface area (Å²) in [6.07, 6.45) is 2.76. The normalized spacial score (nSPS) is 19.6. The highest BCUT2D eigenvalue weighted by Crippen LogP contribution is 2.24. The molecule has 2 N–H and O–H groups in total. The second-order valence-electron chi connectivity index (χ2n) is 4.29. The van der Waals surface area contributed by atoms with Crippen molar-refractivity contribution in [2.45, 2.75) is 25.3 Å². The van der Waals surface area contributed by atoms with Crippen LogP contribution in [0.4, 0.5) is 5.69 Å².